The van der Waals surface area contributed by atoms with E-state index in [9.17, 15) is 9.90 Å². The molecule has 0 aromatic carbocycles. The second kappa shape index (κ2) is 8.29. The normalized spacial score (nSPS) is 19.8. The van der Waals surface area contributed by atoms with Crippen molar-refractivity contribution in [2.75, 3.05) is 32.8 Å². The first-order valence-electron chi connectivity index (χ1n) is 8.20. The molecule has 0 unspecified atom stereocenters. The molecule has 124 valence electrons. The number of carbonyl (C=O) groups is 1. The summed E-state index contributed by atoms with van der Waals surface area (Å²) in [6.45, 7) is 8.05. The number of rotatable bonds is 7. The second-order valence-electron chi connectivity index (χ2n) is 6.50. The number of hydrogen-bond acceptors (Lipinski definition) is 4. The zero-order valence-electron chi connectivity index (χ0n) is 13.7. The van der Waals surface area contributed by atoms with Crippen molar-refractivity contribution < 1.29 is 9.90 Å². The molecule has 1 saturated heterocycles. The third-order valence-electron chi connectivity index (χ3n) is 4.20. The van der Waals surface area contributed by atoms with Crippen molar-refractivity contribution >= 4 is 5.91 Å². The Morgan fingerprint density at radius 2 is 2.32 bits per heavy atom. The highest BCUT2D eigenvalue weighted by molar-refractivity contribution is 5.76. The predicted octanol–water partition coefficient (Wildman–Crippen LogP) is 0.893. The molecule has 1 aliphatic heterocycles. The lowest BCUT2D eigenvalue weighted by Gasteiger charge is -2.42. The zero-order chi connectivity index (χ0) is 15.9. The molecule has 6 nitrogen and oxygen atoms in total. The summed E-state index contributed by atoms with van der Waals surface area (Å²) in [7, 11) is 0. The molecule has 1 aromatic heterocycles. The number of aryl methyl sites for hydroxylation is 1. The SMILES string of the molecule is CC(C)CN1CCN(C(=O)CCc2cn[nH]c2)C[C@@H]1CCO. The lowest BCUT2D eigenvalue weighted by Crippen LogP contribution is -2.55. The lowest BCUT2D eigenvalue weighted by atomic mass is 10.1. The fourth-order valence-corrected chi connectivity index (χ4v) is 3.08. The standard InChI is InChI=1S/C16H28N4O2/c1-13(2)11-19-6-7-20(12-15(19)5-8-21)16(22)4-3-14-9-17-18-10-14/h9-10,13,15,21H,3-8,11-12H2,1-2H3,(H,17,18)/t15-/m0/s1. The Labute approximate surface area is 132 Å². The van der Waals surface area contributed by atoms with E-state index >= 15 is 0 Å². The minimum Gasteiger partial charge on any atom is -0.396 e. The van der Waals surface area contributed by atoms with Crippen LogP contribution in [0.4, 0.5) is 0 Å². The molecule has 1 fully saturated rings. The fraction of sp³-hybridized carbons (Fsp3) is 0.750. The van der Waals surface area contributed by atoms with E-state index in [1.165, 1.54) is 0 Å². The van der Waals surface area contributed by atoms with Gasteiger partial charge in [-0.2, -0.15) is 5.10 Å². The third-order valence-corrected chi connectivity index (χ3v) is 4.20. The lowest BCUT2D eigenvalue weighted by molar-refractivity contribution is -0.134. The van der Waals surface area contributed by atoms with Crippen molar-refractivity contribution in [1.82, 2.24) is 20.0 Å². The first-order chi connectivity index (χ1) is 10.6. The quantitative estimate of drug-likeness (QED) is 0.785. The van der Waals surface area contributed by atoms with Gasteiger partial charge in [0.05, 0.1) is 6.20 Å². The summed E-state index contributed by atoms with van der Waals surface area (Å²) in [5, 5.41) is 16.0. The van der Waals surface area contributed by atoms with Crippen LogP contribution in [0, 0.1) is 5.92 Å². The molecule has 0 aliphatic carbocycles. The number of hydrogen-bond donors (Lipinski definition) is 2. The molecule has 1 amide bonds. The number of piperazine rings is 1. The molecular formula is C16H28N4O2. The van der Waals surface area contributed by atoms with Crippen LogP contribution in [-0.4, -0.2) is 69.8 Å². The van der Waals surface area contributed by atoms with Crippen molar-refractivity contribution in [2.45, 2.75) is 39.2 Å². The smallest absolute Gasteiger partial charge is 0.223 e. The second-order valence-corrected chi connectivity index (χ2v) is 6.50. The Bertz CT molecular complexity index is 447. The summed E-state index contributed by atoms with van der Waals surface area (Å²) in [4.78, 5) is 16.8. The van der Waals surface area contributed by atoms with E-state index in [1.54, 1.807) is 6.20 Å². The molecule has 0 saturated carbocycles. The van der Waals surface area contributed by atoms with Crippen LogP contribution in [0.5, 0.6) is 0 Å². The Kier molecular flexibility index (Phi) is 6.39. The summed E-state index contributed by atoms with van der Waals surface area (Å²) in [6.07, 6.45) is 5.59. The van der Waals surface area contributed by atoms with Crippen molar-refractivity contribution in [3.63, 3.8) is 0 Å². The Morgan fingerprint density at radius 3 is 2.95 bits per heavy atom. The van der Waals surface area contributed by atoms with Gasteiger partial charge >= 0.3 is 0 Å². The Morgan fingerprint density at radius 1 is 1.50 bits per heavy atom. The highest BCUT2D eigenvalue weighted by atomic mass is 16.3. The fourth-order valence-electron chi connectivity index (χ4n) is 3.08. The van der Waals surface area contributed by atoms with E-state index < -0.39 is 0 Å². The van der Waals surface area contributed by atoms with Crippen molar-refractivity contribution in [1.29, 1.82) is 0 Å². The van der Waals surface area contributed by atoms with Gasteiger partial charge < -0.3 is 10.0 Å². The summed E-state index contributed by atoms with van der Waals surface area (Å²) >= 11 is 0. The van der Waals surface area contributed by atoms with E-state index in [2.05, 4.69) is 28.9 Å². The maximum absolute atomic E-state index is 12.4. The average molecular weight is 308 g/mol. The van der Waals surface area contributed by atoms with Crippen LogP contribution in [-0.2, 0) is 11.2 Å². The molecule has 0 bridgehead atoms. The summed E-state index contributed by atoms with van der Waals surface area (Å²) in [5.41, 5.74) is 1.07. The zero-order valence-corrected chi connectivity index (χ0v) is 13.7. The van der Waals surface area contributed by atoms with Gasteiger partial charge in [0.2, 0.25) is 5.91 Å². The van der Waals surface area contributed by atoms with Crippen molar-refractivity contribution in [3.8, 4) is 0 Å². The molecule has 0 spiro atoms. The minimum absolute atomic E-state index is 0.177. The van der Waals surface area contributed by atoms with Crippen LogP contribution < -0.4 is 0 Å². The van der Waals surface area contributed by atoms with Gasteiger partial charge in [-0.1, -0.05) is 13.8 Å². The molecule has 6 heteroatoms. The highest BCUT2D eigenvalue weighted by Crippen LogP contribution is 2.16. The van der Waals surface area contributed by atoms with E-state index in [0.29, 0.717) is 12.3 Å². The molecule has 1 aromatic rings. The van der Waals surface area contributed by atoms with E-state index in [4.69, 9.17) is 0 Å². The largest absolute Gasteiger partial charge is 0.396 e. The topological polar surface area (TPSA) is 72.5 Å². The number of aliphatic hydroxyl groups is 1. The van der Waals surface area contributed by atoms with Crippen LogP contribution in [0.15, 0.2) is 12.4 Å². The van der Waals surface area contributed by atoms with E-state index in [1.807, 2.05) is 11.1 Å². The van der Waals surface area contributed by atoms with E-state index in [0.717, 1.165) is 44.6 Å². The number of carbonyl (C=O) groups excluding carboxylic acids is 1. The minimum atomic E-state index is 0.177. The van der Waals surface area contributed by atoms with Gasteiger partial charge in [-0.25, -0.2) is 0 Å². The average Bonchev–Trinajstić information content (AvgIpc) is 2.99. The number of nitrogens with zero attached hydrogens (tertiary/aromatic N) is 3. The molecule has 1 aliphatic rings. The maximum Gasteiger partial charge on any atom is 0.223 e. The van der Waals surface area contributed by atoms with Gasteiger partial charge in [0.25, 0.3) is 0 Å². The van der Waals surface area contributed by atoms with Crippen LogP contribution in [0.2, 0.25) is 0 Å². The van der Waals surface area contributed by atoms with E-state index in [-0.39, 0.29) is 18.6 Å². The van der Waals surface area contributed by atoms with Gasteiger partial charge in [0.15, 0.2) is 0 Å². The monoisotopic (exact) mass is 308 g/mol. The summed E-state index contributed by atoms with van der Waals surface area (Å²) in [6, 6.07) is 0.277. The molecule has 2 rings (SSSR count). The third kappa shape index (κ3) is 4.81. The summed E-state index contributed by atoms with van der Waals surface area (Å²) in [5.74, 6) is 0.804. The van der Waals surface area contributed by atoms with Gasteiger partial charge in [-0.05, 0) is 24.3 Å². The van der Waals surface area contributed by atoms with Gasteiger partial charge in [-0.15, -0.1) is 0 Å². The number of nitrogens with one attached hydrogen (secondary N) is 1. The maximum atomic E-state index is 12.4. The first kappa shape index (κ1) is 17.0. The van der Waals surface area contributed by atoms with Crippen LogP contribution in [0.25, 0.3) is 0 Å². The highest BCUT2D eigenvalue weighted by Gasteiger charge is 2.29. The van der Waals surface area contributed by atoms with Gasteiger partial charge in [-0.3, -0.25) is 14.8 Å². The number of aromatic amines is 1. The Hall–Kier alpha value is -1.40. The molecular weight excluding hydrogens is 280 g/mol. The van der Waals surface area contributed by atoms with Crippen molar-refractivity contribution in [3.05, 3.63) is 18.0 Å². The molecule has 2 heterocycles. The predicted molar refractivity (Wildman–Crippen MR) is 85.4 cm³/mol. The number of H-pyrrole nitrogens is 1. The molecule has 0 radical (unpaired) electrons. The van der Waals surface area contributed by atoms with Crippen LogP contribution >= 0.6 is 0 Å². The molecule has 22 heavy (non-hydrogen) atoms. The van der Waals surface area contributed by atoms with Crippen LogP contribution in [0.1, 0.15) is 32.3 Å². The molecule has 1 atom stereocenters. The number of aliphatic hydroxyl groups excluding tert-OH is 1. The van der Waals surface area contributed by atoms with Crippen LogP contribution in [0.3, 0.4) is 0 Å². The Balaban J connectivity index is 1.85. The first-order valence-corrected chi connectivity index (χ1v) is 8.20. The summed E-state index contributed by atoms with van der Waals surface area (Å²) < 4.78 is 0. The van der Waals surface area contributed by atoms with Crippen molar-refractivity contribution in [2.24, 2.45) is 5.92 Å². The molecule has 2 N–H and O–H groups in total. The number of amides is 1. The van der Waals surface area contributed by atoms with Gasteiger partial charge in [0.1, 0.15) is 0 Å². The number of aromatic nitrogens is 2. The van der Waals surface area contributed by atoms with Gasteiger partial charge in [0, 0.05) is 51.4 Å².